The normalized spacial score (nSPS) is 19.9. The molecule has 1 amide bonds. The van der Waals surface area contributed by atoms with E-state index in [9.17, 15) is 19.5 Å². The molecule has 10 heteroatoms. The van der Waals surface area contributed by atoms with E-state index in [-0.39, 0.29) is 27.8 Å². The third-order valence-electron chi connectivity index (χ3n) is 7.52. The predicted octanol–water partition coefficient (Wildman–Crippen LogP) is 5.79. The van der Waals surface area contributed by atoms with Crippen molar-refractivity contribution in [2.75, 3.05) is 5.32 Å². The number of amides is 1. The number of anilines is 1. The fraction of sp³-hybridized carbons (Fsp3) is 0.310. The first kappa shape index (κ1) is 27.0. The summed E-state index contributed by atoms with van der Waals surface area (Å²) in [6.45, 7) is 0. The van der Waals surface area contributed by atoms with Crippen molar-refractivity contribution in [1.82, 2.24) is 9.97 Å². The number of carbonyl (C=O) groups is 3. The molecule has 200 valence electrons. The van der Waals surface area contributed by atoms with Gasteiger partial charge < -0.3 is 10.4 Å². The lowest BCUT2D eigenvalue weighted by molar-refractivity contribution is -0.138. The lowest BCUT2D eigenvalue weighted by Crippen LogP contribution is -2.58. The van der Waals surface area contributed by atoms with Gasteiger partial charge in [0, 0.05) is 42.6 Å². The van der Waals surface area contributed by atoms with Crippen LogP contribution >= 0.6 is 23.2 Å². The molecule has 1 aromatic carbocycles. The number of Topliss-reactive ketones (excluding diaryl/α,β-unsaturated/α-hetero) is 1. The molecule has 2 saturated carbocycles. The van der Waals surface area contributed by atoms with Crippen molar-refractivity contribution >= 4 is 52.3 Å². The van der Waals surface area contributed by atoms with Crippen LogP contribution in [0.3, 0.4) is 0 Å². The summed E-state index contributed by atoms with van der Waals surface area (Å²) in [5.74, 6) is -1.98. The Hall–Kier alpha value is -3.62. The predicted molar refractivity (Wildman–Crippen MR) is 149 cm³/mol. The van der Waals surface area contributed by atoms with Gasteiger partial charge >= 0.3 is 5.97 Å². The largest absolute Gasteiger partial charge is 0.480 e. The zero-order valence-electron chi connectivity index (χ0n) is 20.9. The molecule has 0 bridgehead atoms. The first-order valence-electron chi connectivity index (χ1n) is 12.7. The molecule has 0 saturated heterocycles. The van der Waals surface area contributed by atoms with Gasteiger partial charge in [0.1, 0.15) is 0 Å². The van der Waals surface area contributed by atoms with Crippen LogP contribution in [0.25, 0.3) is 0 Å². The number of carboxylic acid groups (broad SMARTS) is 1. The monoisotopic (exact) mass is 564 g/mol. The molecular formula is C29H26Cl2N4O4. The molecule has 3 aromatic rings. The lowest BCUT2D eigenvalue weighted by Gasteiger charge is -2.50. The van der Waals surface area contributed by atoms with Gasteiger partial charge in [0.15, 0.2) is 11.8 Å². The Bertz CT molecular complexity index is 1420. The first-order valence-corrected chi connectivity index (χ1v) is 13.5. The zero-order chi connectivity index (χ0) is 27.6. The summed E-state index contributed by atoms with van der Waals surface area (Å²) in [4.78, 5) is 51.2. The molecular weight excluding hydrogens is 539 g/mol. The Labute approximate surface area is 235 Å². The molecule has 5 rings (SSSR count). The highest BCUT2D eigenvalue weighted by Crippen LogP contribution is 2.53. The maximum absolute atomic E-state index is 13.4. The van der Waals surface area contributed by atoms with Crippen LogP contribution in [0.1, 0.15) is 59.5 Å². The van der Waals surface area contributed by atoms with E-state index in [1.807, 2.05) is 6.07 Å². The fourth-order valence-electron chi connectivity index (χ4n) is 5.56. The lowest BCUT2D eigenvalue weighted by atomic mass is 9.51. The van der Waals surface area contributed by atoms with E-state index in [1.54, 1.807) is 42.7 Å². The molecule has 2 fully saturated rings. The Morgan fingerprint density at radius 2 is 1.72 bits per heavy atom. The van der Waals surface area contributed by atoms with Gasteiger partial charge in [0.05, 0.1) is 26.9 Å². The number of nitrogens with one attached hydrogen (secondary N) is 1. The average molecular weight is 565 g/mol. The smallest absolute Gasteiger partial charge is 0.328 e. The summed E-state index contributed by atoms with van der Waals surface area (Å²) < 4.78 is 0. The Morgan fingerprint density at radius 1 is 1.03 bits per heavy atom. The maximum atomic E-state index is 13.4. The van der Waals surface area contributed by atoms with E-state index in [1.165, 1.54) is 12.4 Å². The molecule has 0 radical (unpaired) electrons. The van der Waals surface area contributed by atoms with E-state index in [4.69, 9.17) is 28.2 Å². The SMILES string of the molecule is O=C(Nc1ccc(C[C@H](N=C2C(c3cccnc3)C(=O)C23CCCCC3)C(=O)O)cc1)c1c(Cl)cncc1Cl. The van der Waals surface area contributed by atoms with Crippen LogP contribution in [0.4, 0.5) is 5.69 Å². The molecule has 8 nitrogen and oxygen atoms in total. The molecule has 1 unspecified atom stereocenters. The van der Waals surface area contributed by atoms with Crippen LogP contribution < -0.4 is 5.32 Å². The minimum atomic E-state index is -1.06. The van der Waals surface area contributed by atoms with Crippen molar-refractivity contribution in [3.63, 3.8) is 0 Å². The molecule has 0 aliphatic heterocycles. The van der Waals surface area contributed by atoms with Gasteiger partial charge in [-0.3, -0.25) is 24.5 Å². The molecule has 2 heterocycles. The summed E-state index contributed by atoms with van der Waals surface area (Å²) in [6.07, 6.45) is 10.4. The number of hydrogen-bond donors (Lipinski definition) is 2. The second-order valence-electron chi connectivity index (χ2n) is 9.93. The van der Waals surface area contributed by atoms with Crippen molar-refractivity contribution in [1.29, 1.82) is 0 Å². The van der Waals surface area contributed by atoms with Crippen molar-refractivity contribution in [3.05, 3.63) is 87.9 Å². The summed E-state index contributed by atoms with van der Waals surface area (Å²) in [7, 11) is 0. The van der Waals surface area contributed by atoms with Gasteiger partial charge in [-0.15, -0.1) is 0 Å². The van der Waals surface area contributed by atoms with Crippen LogP contribution in [0.5, 0.6) is 0 Å². The van der Waals surface area contributed by atoms with Gasteiger partial charge in [-0.05, 0) is 42.2 Å². The van der Waals surface area contributed by atoms with Gasteiger partial charge in [-0.2, -0.15) is 0 Å². The van der Waals surface area contributed by atoms with Gasteiger partial charge in [-0.1, -0.05) is 60.7 Å². The standard InChI is InChI=1S/C29H26Cl2N4O4/c30-20-15-33-16-21(31)24(20)27(37)34-19-8-6-17(7-9-19)13-22(28(38)39)35-25-23(18-5-4-12-32-14-18)26(36)29(25)10-2-1-3-11-29/h4-9,12,14-16,22-23H,1-3,10-11,13H2,(H,34,37)(H,38,39)/t22-,23?/m0/s1. The number of pyridine rings is 2. The fourth-order valence-corrected chi connectivity index (χ4v) is 6.10. The molecule has 2 aliphatic rings. The van der Waals surface area contributed by atoms with E-state index < -0.39 is 29.3 Å². The molecule has 2 N–H and O–H groups in total. The number of aromatic nitrogens is 2. The van der Waals surface area contributed by atoms with Crippen molar-refractivity contribution in [3.8, 4) is 0 Å². The van der Waals surface area contributed by atoms with Crippen LogP contribution in [0.15, 0.2) is 66.2 Å². The Balaban J connectivity index is 1.37. The quantitative estimate of drug-likeness (QED) is 0.374. The highest BCUT2D eigenvalue weighted by Gasteiger charge is 2.59. The van der Waals surface area contributed by atoms with E-state index in [0.717, 1.165) is 30.4 Å². The van der Waals surface area contributed by atoms with Gasteiger partial charge in [0.25, 0.3) is 5.91 Å². The number of aliphatic carboxylic acids is 1. The number of hydrogen-bond acceptors (Lipinski definition) is 6. The highest BCUT2D eigenvalue weighted by atomic mass is 35.5. The third-order valence-corrected chi connectivity index (χ3v) is 8.10. The molecule has 2 aliphatic carbocycles. The Kier molecular flexibility index (Phi) is 7.77. The number of carboxylic acids is 1. The van der Waals surface area contributed by atoms with Crippen molar-refractivity contribution < 1.29 is 19.5 Å². The van der Waals surface area contributed by atoms with Gasteiger partial charge in [0.2, 0.25) is 0 Å². The third kappa shape index (κ3) is 5.31. The average Bonchev–Trinajstić information content (AvgIpc) is 2.94. The summed E-state index contributed by atoms with van der Waals surface area (Å²) >= 11 is 12.1. The molecule has 2 aromatic heterocycles. The van der Waals surface area contributed by atoms with Crippen molar-refractivity contribution in [2.45, 2.75) is 50.5 Å². The summed E-state index contributed by atoms with van der Waals surface area (Å²) in [6, 6.07) is 9.39. The van der Waals surface area contributed by atoms with E-state index >= 15 is 0 Å². The molecule has 1 spiro atoms. The van der Waals surface area contributed by atoms with Crippen LogP contribution in [0.2, 0.25) is 10.0 Å². The zero-order valence-corrected chi connectivity index (χ0v) is 22.5. The number of carbonyl (C=O) groups excluding carboxylic acids is 2. The van der Waals surface area contributed by atoms with Crippen LogP contribution in [-0.2, 0) is 16.0 Å². The number of halogens is 2. The van der Waals surface area contributed by atoms with E-state index in [2.05, 4.69) is 15.3 Å². The first-order chi connectivity index (χ1) is 18.8. The second-order valence-corrected chi connectivity index (χ2v) is 10.7. The summed E-state index contributed by atoms with van der Waals surface area (Å²) in [5, 5.41) is 13.1. The topological polar surface area (TPSA) is 122 Å². The molecule has 39 heavy (non-hydrogen) atoms. The van der Waals surface area contributed by atoms with Gasteiger partial charge in [-0.25, -0.2) is 4.79 Å². The van der Waals surface area contributed by atoms with Crippen LogP contribution in [0, 0.1) is 5.41 Å². The minimum absolute atomic E-state index is 0.118. The number of nitrogens with zero attached hydrogens (tertiary/aromatic N) is 3. The van der Waals surface area contributed by atoms with E-state index in [0.29, 0.717) is 24.2 Å². The maximum Gasteiger partial charge on any atom is 0.328 e. The Morgan fingerprint density at radius 3 is 2.33 bits per heavy atom. The number of ketones is 1. The minimum Gasteiger partial charge on any atom is -0.480 e. The summed E-state index contributed by atoms with van der Waals surface area (Å²) in [5.41, 5.74) is 2.09. The second kappa shape index (κ2) is 11.2. The number of benzene rings is 1. The number of aliphatic imine (C=N–C) groups is 1. The van der Waals surface area contributed by atoms with Crippen molar-refractivity contribution in [2.24, 2.45) is 10.4 Å². The number of rotatable bonds is 7. The highest BCUT2D eigenvalue weighted by molar-refractivity contribution is 6.40. The van der Waals surface area contributed by atoms with Crippen LogP contribution in [-0.4, -0.2) is 44.5 Å². The molecule has 2 atom stereocenters.